The zero-order chi connectivity index (χ0) is 19.7. The molecule has 1 atom stereocenters. The number of aromatic nitrogens is 4. The third-order valence-corrected chi connectivity index (χ3v) is 5.86. The van der Waals surface area contributed by atoms with Crippen LogP contribution in [-0.2, 0) is 11.3 Å². The summed E-state index contributed by atoms with van der Waals surface area (Å²) in [5.41, 5.74) is 0. The van der Waals surface area contributed by atoms with Crippen LogP contribution < -0.4 is 5.32 Å². The van der Waals surface area contributed by atoms with Gasteiger partial charge in [0.25, 0.3) is 0 Å². The van der Waals surface area contributed by atoms with Crippen LogP contribution >= 0.6 is 35.0 Å². The lowest BCUT2D eigenvalue weighted by Gasteiger charge is -2.13. The normalized spacial score (nSPS) is 14.8. The van der Waals surface area contributed by atoms with E-state index in [2.05, 4.69) is 20.5 Å². The van der Waals surface area contributed by atoms with Crippen LogP contribution in [0.5, 0.6) is 0 Å². The zero-order valence-corrected chi connectivity index (χ0v) is 17.3. The summed E-state index contributed by atoms with van der Waals surface area (Å²) in [6, 6.07) is 5.29. The van der Waals surface area contributed by atoms with E-state index in [0.29, 0.717) is 22.6 Å². The van der Waals surface area contributed by atoms with Crippen molar-refractivity contribution in [3.8, 4) is 0 Å². The average molecular weight is 438 g/mol. The highest BCUT2D eigenvalue weighted by Crippen LogP contribution is 2.40. The Kier molecular flexibility index (Phi) is 5.61. The second-order valence-corrected chi connectivity index (χ2v) is 8.67. The molecule has 28 heavy (non-hydrogen) atoms. The minimum atomic E-state index is -0.430. The lowest BCUT2D eigenvalue weighted by Crippen LogP contribution is -2.23. The maximum Gasteiger partial charge on any atom is 0.238 e. The number of halogens is 2. The Bertz CT molecular complexity index is 988. The lowest BCUT2D eigenvalue weighted by atomic mass is 10.3. The monoisotopic (exact) mass is 437 g/mol. The van der Waals surface area contributed by atoms with E-state index in [1.165, 1.54) is 24.0 Å². The summed E-state index contributed by atoms with van der Waals surface area (Å²) in [7, 11) is 0. The molecule has 1 unspecified atom stereocenters. The Labute approximate surface area is 175 Å². The minimum Gasteiger partial charge on any atom is -0.467 e. The number of hydrogen-bond acceptors (Lipinski definition) is 6. The fraction of sp³-hybridized carbons (Fsp3) is 0.333. The molecule has 0 spiro atoms. The van der Waals surface area contributed by atoms with Crippen molar-refractivity contribution in [1.29, 1.82) is 0 Å². The first-order chi connectivity index (χ1) is 13.5. The van der Waals surface area contributed by atoms with E-state index in [1.807, 2.05) is 16.7 Å². The molecule has 1 N–H and O–H groups in total. The Morgan fingerprint density at radius 1 is 1.43 bits per heavy atom. The van der Waals surface area contributed by atoms with Crippen molar-refractivity contribution in [2.45, 2.75) is 42.6 Å². The maximum atomic E-state index is 12.6. The lowest BCUT2D eigenvalue weighted by molar-refractivity contribution is -0.115. The smallest absolute Gasteiger partial charge is 0.238 e. The van der Waals surface area contributed by atoms with Crippen molar-refractivity contribution >= 4 is 46.7 Å². The van der Waals surface area contributed by atoms with Crippen LogP contribution in [0.15, 0.2) is 40.2 Å². The molecule has 3 aromatic rings. The average Bonchev–Trinajstić information content (AvgIpc) is 3.23. The number of carbonyl (C=O) groups is 1. The number of pyridine rings is 1. The van der Waals surface area contributed by atoms with Gasteiger partial charge < -0.3 is 9.73 Å². The Balaban J connectivity index is 1.49. The van der Waals surface area contributed by atoms with Gasteiger partial charge in [-0.05, 0) is 38.0 Å². The molecule has 0 aromatic carbocycles. The number of nitrogens with zero attached hydrogens (tertiary/aromatic N) is 4. The van der Waals surface area contributed by atoms with Crippen molar-refractivity contribution in [2.75, 3.05) is 5.32 Å². The number of hydrogen-bond donors (Lipinski definition) is 1. The van der Waals surface area contributed by atoms with Crippen LogP contribution in [0.2, 0.25) is 10.0 Å². The van der Waals surface area contributed by atoms with Gasteiger partial charge in [-0.2, -0.15) is 0 Å². The Morgan fingerprint density at radius 3 is 2.93 bits per heavy atom. The Morgan fingerprint density at radius 2 is 2.25 bits per heavy atom. The summed E-state index contributed by atoms with van der Waals surface area (Å²) in [5, 5.41) is 12.3. The van der Waals surface area contributed by atoms with Gasteiger partial charge in [0.05, 0.1) is 28.1 Å². The first kappa shape index (κ1) is 19.3. The summed E-state index contributed by atoms with van der Waals surface area (Å²) in [5.74, 6) is 2.23. The molecule has 0 bridgehead atoms. The second-order valence-electron chi connectivity index (χ2n) is 6.51. The summed E-state index contributed by atoms with van der Waals surface area (Å²) in [6.45, 7) is 2.33. The van der Waals surface area contributed by atoms with E-state index in [0.717, 1.165) is 24.4 Å². The first-order valence-corrected chi connectivity index (χ1v) is 10.4. The van der Waals surface area contributed by atoms with E-state index < -0.39 is 5.25 Å². The van der Waals surface area contributed by atoms with Gasteiger partial charge in [-0.1, -0.05) is 35.0 Å². The van der Waals surface area contributed by atoms with Gasteiger partial charge in [0.1, 0.15) is 11.6 Å². The van der Waals surface area contributed by atoms with Gasteiger partial charge in [0, 0.05) is 12.1 Å². The molecule has 0 saturated heterocycles. The van der Waals surface area contributed by atoms with Gasteiger partial charge in [-0.25, -0.2) is 4.98 Å². The predicted octanol–water partition coefficient (Wildman–Crippen LogP) is 4.62. The van der Waals surface area contributed by atoms with E-state index in [1.54, 1.807) is 13.2 Å². The van der Waals surface area contributed by atoms with Crippen LogP contribution in [-0.4, -0.2) is 30.9 Å². The minimum absolute atomic E-state index is 0.234. The number of anilines is 1. The SMILES string of the molecule is CC(Sc1nnc(C2CC2)n1Cc1ccco1)C(=O)Nc1ncc(Cl)cc1Cl. The number of nitrogens with one attached hydrogen (secondary N) is 1. The first-order valence-electron chi connectivity index (χ1n) is 8.75. The van der Waals surface area contributed by atoms with E-state index in [4.69, 9.17) is 27.6 Å². The highest BCUT2D eigenvalue weighted by Gasteiger charge is 2.31. The van der Waals surface area contributed by atoms with Crippen LogP contribution in [0.4, 0.5) is 5.82 Å². The molecule has 4 rings (SSSR count). The number of amides is 1. The summed E-state index contributed by atoms with van der Waals surface area (Å²) in [4.78, 5) is 16.7. The summed E-state index contributed by atoms with van der Waals surface area (Å²) < 4.78 is 7.50. The van der Waals surface area contributed by atoms with Crippen molar-refractivity contribution in [3.05, 3.63) is 52.3 Å². The van der Waals surface area contributed by atoms with Crippen molar-refractivity contribution in [2.24, 2.45) is 0 Å². The molecular formula is C18H17Cl2N5O2S. The maximum absolute atomic E-state index is 12.6. The summed E-state index contributed by atoms with van der Waals surface area (Å²) in [6.07, 6.45) is 5.29. The molecule has 146 valence electrons. The van der Waals surface area contributed by atoms with Gasteiger partial charge in [-0.15, -0.1) is 10.2 Å². The van der Waals surface area contributed by atoms with E-state index in [9.17, 15) is 4.79 Å². The molecule has 1 fully saturated rings. The molecule has 1 amide bonds. The number of rotatable bonds is 7. The molecule has 3 aromatic heterocycles. The van der Waals surface area contributed by atoms with Gasteiger partial charge in [0.2, 0.25) is 5.91 Å². The van der Waals surface area contributed by atoms with Gasteiger partial charge in [-0.3, -0.25) is 9.36 Å². The quantitative estimate of drug-likeness (QED) is 0.542. The second kappa shape index (κ2) is 8.14. The molecule has 10 heteroatoms. The van der Waals surface area contributed by atoms with Crippen LogP contribution in [0.1, 0.15) is 37.3 Å². The standard InChI is InChI=1S/C18H17Cl2N5O2S/c1-10(17(26)22-15-14(20)7-12(19)8-21-15)28-18-24-23-16(11-4-5-11)25(18)9-13-3-2-6-27-13/h2-3,6-8,10-11H,4-5,9H2,1H3,(H,21,22,26). The van der Waals surface area contributed by atoms with E-state index >= 15 is 0 Å². The molecule has 0 radical (unpaired) electrons. The van der Waals surface area contributed by atoms with Crippen LogP contribution in [0, 0.1) is 0 Å². The van der Waals surface area contributed by atoms with Crippen molar-refractivity contribution < 1.29 is 9.21 Å². The Hall–Kier alpha value is -2.03. The molecule has 1 aliphatic rings. The topological polar surface area (TPSA) is 85.8 Å². The van der Waals surface area contributed by atoms with Gasteiger partial charge in [0.15, 0.2) is 11.0 Å². The molecule has 1 saturated carbocycles. The molecular weight excluding hydrogens is 421 g/mol. The third kappa shape index (κ3) is 4.34. The molecule has 7 nitrogen and oxygen atoms in total. The molecule has 0 aliphatic heterocycles. The fourth-order valence-corrected chi connectivity index (χ4v) is 3.96. The van der Waals surface area contributed by atoms with Crippen molar-refractivity contribution in [1.82, 2.24) is 19.7 Å². The zero-order valence-electron chi connectivity index (χ0n) is 14.9. The number of carbonyl (C=O) groups excluding carboxylic acids is 1. The summed E-state index contributed by atoms with van der Waals surface area (Å²) >= 11 is 13.3. The highest BCUT2D eigenvalue weighted by atomic mass is 35.5. The molecule has 1 aliphatic carbocycles. The number of thioether (sulfide) groups is 1. The largest absolute Gasteiger partial charge is 0.467 e. The van der Waals surface area contributed by atoms with Gasteiger partial charge >= 0.3 is 0 Å². The van der Waals surface area contributed by atoms with Crippen LogP contribution in [0.25, 0.3) is 0 Å². The van der Waals surface area contributed by atoms with E-state index in [-0.39, 0.29) is 16.7 Å². The molecule has 3 heterocycles. The highest BCUT2D eigenvalue weighted by molar-refractivity contribution is 8.00. The fourth-order valence-electron chi connectivity index (χ4n) is 2.67. The third-order valence-electron chi connectivity index (χ3n) is 4.28. The van der Waals surface area contributed by atoms with Crippen molar-refractivity contribution in [3.63, 3.8) is 0 Å². The van der Waals surface area contributed by atoms with Crippen LogP contribution in [0.3, 0.4) is 0 Å². The number of furan rings is 1. The predicted molar refractivity (Wildman–Crippen MR) is 108 cm³/mol.